The second-order valence-corrected chi connectivity index (χ2v) is 7.73. The van der Waals surface area contributed by atoms with Gasteiger partial charge < -0.3 is 25.8 Å². The second-order valence-electron chi connectivity index (χ2n) is 7.73. The van der Waals surface area contributed by atoms with E-state index in [0.717, 1.165) is 5.56 Å². The molecule has 1 aliphatic rings. The van der Waals surface area contributed by atoms with Gasteiger partial charge in [0.15, 0.2) is 5.96 Å². The van der Waals surface area contributed by atoms with Gasteiger partial charge in [0.05, 0.1) is 23.8 Å². The average molecular weight is 465 g/mol. The zero-order valence-electron chi connectivity index (χ0n) is 19.0. The maximum absolute atomic E-state index is 12.5. The highest BCUT2D eigenvalue weighted by Crippen LogP contribution is 2.20. The summed E-state index contributed by atoms with van der Waals surface area (Å²) < 4.78 is 10.4. The van der Waals surface area contributed by atoms with Crippen LogP contribution in [0.1, 0.15) is 35.7 Å². The van der Waals surface area contributed by atoms with Crippen molar-refractivity contribution in [1.82, 2.24) is 4.90 Å². The molecule has 2 aromatic carbocycles. The van der Waals surface area contributed by atoms with Crippen molar-refractivity contribution < 1.29 is 23.9 Å². The minimum Gasteiger partial charge on any atom is -0.466 e. The van der Waals surface area contributed by atoms with Crippen LogP contribution in [-0.4, -0.2) is 48.4 Å². The fraction of sp³-hybridized carbons (Fsp3) is 0.280. The van der Waals surface area contributed by atoms with Gasteiger partial charge in [-0.15, -0.1) is 0 Å². The van der Waals surface area contributed by atoms with Crippen molar-refractivity contribution in [3.63, 3.8) is 0 Å². The van der Waals surface area contributed by atoms with Crippen LogP contribution in [-0.2, 0) is 14.3 Å². The number of rotatable bonds is 7. The molecule has 178 valence electrons. The minimum absolute atomic E-state index is 0.0563. The van der Waals surface area contributed by atoms with E-state index < -0.39 is 5.97 Å². The number of esters is 2. The van der Waals surface area contributed by atoms with Crippen LogP contribution in [0.2, 0.25) is 0 Å². The molecule has 34 heavy (non-hydrogen) atoms. The summed E-state index contributed by atoms with van der Waals surface area (Å²) in [6, 6.07) is 13.2. The largest absolute Gasteiger partial charge is 0.466 e. The fourth-order valence-corrected chi connectivity index (χ4v) is 3.50. The maximum Gasteiger partial charge on any atom is 0.343 e. The predicted molar refractivity (Wildman–Crippen MR) is 128 cm³/mol. The Morgan fingerprint density at radius 1 is 1.03 bits per heavy atom. The summed E-state index contributed by atoms with van der Waals surface area (Å²) in [4.78, 5) is 42.3. The van der Waals surface area contributed by atoms with Crippen molar-refractivity contribution in [3.05, 3.63) is 65.7 Å². The molecular formula is C25H28N4O5. The lowest BCUT2D eigenvalue weighted by Gasteiger charge is -2.30. The van der Waals surface area contributed by atoms with Crippen LogP contribution < -0.4 is 16.2 Å². The molecule has 1 aliphatic heterocycles. The Labute approximate surface area is 198 Å². The van der Waals surface area contributed by atoms with E-state index in [1.165, 1.54) is 6.08 Å². The van der Waals surface area contributed by atoms with Gasteiger partial charge in [-0.05, 0) is 67.8 Å². The number of guanidine groups is 1. The molecular weight excluding hydrogens is 436 g/mol. The van der Waals surface area contributed by atoms with E-state index >= 15 is 0 Å². The van der Waals surface area contributed by atoms with Gasteiger partial charge in [-0.25, -0.2) is 9.79 Å². The zero-order chi connectivity index (χ0) is 24.5. The van der Waals surface area contributed by atoms with Gasteiger partial charge in [0.1, 0.15) is 5.75 Å². The number of likely N-dealkylation sites (tertiary alicyclic amines) is 1. The molecule has 0 atom stereocenters. The van der Waals surface area contributed by atoms with Gasteiger partial charge in [-0.1, -0.05) is 12.1 Å². The number of aliphatic imine (C=N–C) groups is 1. The summed E-state index contributed by atoms with van der Waals surface area (Å²) in [5.74, 6) is -0.649. The van der Waals surface area contributed by atoms with Crippen LogP contribution in [0.4, 0.5) is 5.69 Å². The van der Waals surface area contributed by atoms with E-state index in [9.17, 15) is 14.4 Å². The molecule has 0 radical (unpaired) electrons. The first-order chi connectivity index (χ1) is 16.4. The van der Waals surface area contributed by atoms with Gasteiger partial charge in [0.25, 0.3) is 0 Å². The molecule has 0 aromatic heterocycles. The molecule has 1 amide bonds. The highest BCUT2D eigenvalue weighted by atomic mass is 16.5. The monoisotopic (exact) mass is 464 g/mol. The van der Waals surface area contributed by atoms with Crippen molar-refractivity contribution in [2.24, 2.45) is 22.4 Å². The first-order valence-corrected chi connectivity index (χ1v) is 11.0. The standard InChI is InChI=1S/C25H28N4O5/c1-2-33-23(31)19-13-15-29(16-14-19)22(30)12-5-17-3-6-18(7-4-17)24(32)34-21-10-8-20(9-11-21)28-25(26)27/h3-12,19H,2,13-16H2,1H3,(H4,26,27,28). The summed E-state index contributed by atoms with van der Waals surface area (Å²) in [5.41, 5.74) is 12.4. The lowest BCUT2D eigenvalue weighted by molar-refractivity contribution is -0.150. The molecule has 0 unspecified atom stereocenters. The van der Waals surface area contributed by atoms with Crippen LogP contribution in [0.25, 0.3) is 6.08 Å². The molecule has 1 saturated heterocycles. The third kappa shape index (κ3) is 6.93. The molecule has 9 heteroatoms. The van der Waals surface area contributed by atoms with E-state index in [4.69, 9.17) is 20.9 Å². The lowest BCUT2D eigenvalue weighted by Crippen LogP contribution is -2.39. The van der Waals surface area contributed by atoms with Crippen molar-refractivity contribution in [2.45, 2.75) is 19.8 Å². The summed E-state index contributed by atoms with van der Waals surface area (Å²) in [7, 11) is 0. The summed E-state index contributed by atoms with van der Waals surface area (Å²) >= 11 is 0. The third-order valence-corrected chi connectivity index (χ3v) is 5.30. The SMILES string of the molecule is CCOC(=O)C1CCN(C(=O)C=Cc2ccc(C(=O)Oc3ccc(N=C(N)N)cc3)cc2)CC1. The third-order valence-electron chi connectivity index (χ3n) is 5.30. The van der Waals surface area contributed by atoms with Crippen molar-refractivity contribution in [2.75, 3.05) is 19.7 Å². The number of piperidine rings is 1. The maximum atomic E-state index is 12.5. The Bertz CT molecular complexity index is 1070. The molecule has 0 aliphatic carbocycles. The zero-order valence-corrected chi connectivity index (χ0v) is 19.0. The normalized spacial score (nSPS) is 14.0. The average Bonchev–Trinajstić information content (AvgIpc) is 2.84. The van der Waals surface area contributed by atoms with E-state index in [-0.39, 0.29) is 23.8 Å². The highest BCUT2D eigenvalue weighted by molar-refractivity contribution is 5.93. The van der Waals surface area contributed by atoms with Crippen LogP contribution in [0.3, 0.4) is 0 Å². The Hall–Kier alpha value is -4.14. The van der Waals surface area contributed by atoms with Crippen LogP contribution in [0, 0.1) is 5.92 Å². The predicted octanol–water partition coefficient (Wildman–Crippen LogP) is 2.63. The van der Waals surface area contributed by atoms with E-state index in [2.05, 4.69) is 4.99 Å². The Morgan fingerprint density at radius 2 is 1.68 bits per heavy atom. The Morgan fingerprint density at radius 3 is 2.26 bits per heavy atom. The molecule has 3 rings (SSSR count). The van der Waals surface area contributed by atoms with Gasteiger partial charge in [-0.3, -0.25) is 9.59 Å². The lowest BCUT2D eigenvalue weighted by atomic mass is 9.97. The number of carbonyl (C=O) groups excluding carboxylic acids is 3. The molecule has 9 nitrogen and oxygen atoms in total. The van der Waals surface area contributed by atoms with E-state index in [1.54, 1.807) is 66.4 Å². The molecule has 0 bridgehead atoms. The van der Waals surface area contributed by atoms with E-state index in [0.29, 0.717) is 49.5 Å². The number of ether oxygens (including phenoxy) is 2. The molecule has 1 heterocycles. The molecule has 1 fully saturated rings. The Balaban J connectivity index is 1.51. The van der Waals surface area contributed by atoms with Gasteiger partial charge in [0.2, 0.25) is 5.91 Å². The number of amides is 1. The fourth-order valence-electron chi connectivity index (χ4n) is 3.50. The van der Waals surface area contributed by atoms with E-state index in [1.807, 2.05) is 0 Å². The number of hydrogen-bond acceptors (Lipinski definition) is 6. The number of hydrogen-bond donors (Lipinski definition) is 2. The molecule has 2 aromatic rings. The van der Waals surface area contributed by atoms with Gasteiger partial charge in [-0.2, -0.15) is 0 Å². The second kappa shape index (κ2) is 11.6. The quantitative estimate of drug-likeness (QED) is 0.211. The van der Waals surface area contributed by atoms with Crippen LogP contribution in [0.15, 0.2) is 59.6 Å². The number of nitrogens with zero attached hydrogens (tertiary/aromatic N) is 2. The van der Waals surface area contributed by atoms with Crippen molar-refractivity contribution in [1.29, 1.82) is 0 Å². The van der Waals surface area contributed by atoms with Crippen molar-refractivity contribution >= 4 is 35.6 Å². The van der Waals surface area contributed by atoms with Crippen LogP contribution >= 0.6 is 0 Å². The highest BCUT2D eigenvalue weighted by Gasteiger charge is 2.27. The first kappa shape index (κ1) is 24.5. The summed E-state index contributed by atoms with van der Waals surface area (Å²) in [5, 5.41) is 0. The molecule has 0 saturated carbocycles. The van der Waals surface area contributed by atoms with Gasteiger partial charge >= 0.3 is 11.9 Å². The van der Waals surface area contributed by atoms with Crippen LogP contribution in [0.5, 0.6) is 5.75 Å². The number of benzene rings is 2. The molecule has 4 N–H and O–H groups in total. The smallest absolute Gasteiger partial charge is 0.343 e. The number of nitrogens with two attached hydrogens (primary N) is 2. The minimum atomic E-state index is -0.509. The summed E-state index contributed by atoms with van der Waals surface area (Å²) in [6.07, 6.45) is 4.39. The summed E-state index contributed by atoms with van der Waals surface area (Å²) in [6.45, 7) is 3.19. The van der Waals surface area contributed by atoms with Gasteiger partial charge in [0, 0.05) is 19.2 Å². The Kier molecular flexibility index (Phi) is 8.39. The van der Waals surface area contributed by atoms with Crippen molar-refractivity contribution in [3.8, 4) is 5.75 Å². The molecule has 0 spiro atoms. The topological polar surface area (TPSA) is 137 Å². The first-order valence-electron chi connectivity index (χ1n) is 11.0. The number of carbonyl (C=O) groups is 3.